The fourth-order valence-electron chi connectivity index (χ4n) is 3.74. The molecule has 0 aliphatic carbocycles. The number of benzene rings is 1. The number of aryl methyl sites for hydroxylation is 2. The maximum Gasteiger partial charge on any atom is 0.244 e. The molecule has 30 heavy (non-hydrogen) atoms. The van der Waals surface area contributed by atoms with E-state index in [4.69, 9.17) is 19.9 Å². The smallest absolute Gasteiger partial charge is 0.244 e. The Morgan fingerprint density at radius 2 is 1.90 bits per heavy atom. The van der Waals surface area contributed by atoms with Crippen LogP contribution in [0.5, 0.6) is 23.1 Å². The second kappa shape index (κ2) is 7.31. The maximum atomic E-state index is 10.3. The van der Waals surface area contributed by atoms with Gasteiger partial charge in [-0.05, 0) is 37.6 Å². The van der Waals surface area contributed by atoms with Gasteiger partial charge in [-0.25, -0.2) is 0 Å². The summed E-state index contributed by atoms with van der Waals surface area (Å²) in [5, 5.41) is 27.5. The molecular weight excluding hydrogens is 404 g/mol. The lowest BCUT2D eigenvalue weighted by Crippen LogP contribution is -2.21. The first kappa shape index (κ1) is 19.7. The van der Waals surface area contributed by atoms with Crippen LogP contribution in [0.25, 0.3) is 11.3 Å². The van der Waals surface area contributed by atoms with Gasteiger partial charge in [0.2, 0.25) is 17.5 Å². The summed E-state index contributed by atoms with van der Waals surface area (Å²) in [5.74, 6) is 0.0264. The number of aromatic nitrogens is 2. The van der Waals surface area contributed by atoms with Crippen LogP contribution in [0.2, 0.25) is 0 Å². The van der Waals surface area contributed by atoms with Gasteiger partial charge in [0.1, 0.15) is 11.6 Å². The number of thiophene rings is 1. The lowest BCUT2D eigenvalue weighted by molar-refractivity contribution is 0.338. The van der Waals surface area contributed by atoms with Crippen molar-refractivity contribution >= 4 is 11.3 Å². The van der Waals surface area contributed by atoms with Gasteiger partial charge in [0, 0.05) is 15.3 Å². The van der Waals surface area contributed by atoms with Gasteiger partial charge in [-0.1, -0.05) is 0 Å². The topological polar surface area (TPSA) is 126 Å². The van der Waals surface area contributed by atoms with E-state index in [-0.39, 0.29) is 28.7 Å². The molecule has 1 atom stereocenters. The van der Waals surface area contributed by atoms with Crippen LogP contribution in [0.15, 0.2) is 29.7 Å². The first-order chi connectivity index (χ1) is 14.4. The molecule has 1 aliphatic heterocycles. The molecule has 0 saturated heterocycles. The second-order valence-corrected chi connectivity index (χ2v) is 8.30. The number of aromatic amines is 1. The lowest BCUT2D eigenvalue weighted by atomic mass is 9.82. The van der Waals surface area contributed by atoms with Crippen molar-refractivity contribution in [1.82, 2.24) is 10.2 Å². The van der Waals surface area contributed by atoms with Crippen LogP contribution >= 0.6 is 11.3 Å². The monoisotopic (exact) mass is 424 g/mol. The Morgan fingerprint density at radius 1 is 1.23 bits per heavy atom. The minimum Gasteiger partial charge on any atom is -0.502 e. The van der Waals surface area contributed by atoms with Crippen LogP contribution < -0.4 is 19.9 Å². The Labute approximate surface area is 177 Å². The normalized spacial score (nSPS) is 15.4. The van der Waals surface area contributed by atoms with Crippen molar-refractivity contribution in [3.63, 3.8) is 0 Å². The van der Waals surface area contributed by atoms with Crippen LogP contribution in [0.3, 0.4) is 0 Å². The molecule has 0 radical (unpaired) electrons. The number of fused-ring (bicyclic) bond motifs is 1. The molecule has 1 aromatic carbocycles. The highest BCUT2D eigenvalue weighted by Gasteiger charge is 2.37. The Bertz CT molecular complexity index is 1190. The molecule has 0 amide bonds. The first-order valence-electron chi connectivity index (χ1n) is 9.07. The summed E-state index contributed by atoms with van der Waals surface area (Å²) in [4.78, 5) is 2.27. The van der Waals surface area contributed by atoms with Crippen LogP contribution in [-0.2, 0) is 0 Å². The number of nitrogens with one attached hydrogen (secondary N) is 1. The Hall–Kier alpha value is -3.64. The number of phenols is 1. The summed E-state index contributed by atoms with van der Waals surface area (Å²) >= 11 is 1.67. The standard InChI is InChI=1S/C21H20N4O4S/c1-9-5-12(10(2)30-9)18-17-16(13(8-22)20(23)29-21(17)25-24-18)11-6-14(27-3)19(26)15(7-11)28-4/h5-7,16,26H,23H2,1-4H3,(H,24,25)/t16-/m1/s1. The second-order valence-electron chi connectivity index (χ2n) is 6.84. The van der Waals surface area contributed by atoms with E-state index in [0.29, 0.717) is 17.0 Å². The number of nitrogens with two attached hydrogens (primary N) is 1. The fraction of sp³-hybridized carbons (Fsp3) is 0.238. The number of ether oxygens (including phenoxy) is 3. The van der Waals surface area contributed by atoms with E-state index >= 15 is 0 Å². The number of methoxy groups -OCH3 is 2. The highest BCUT2D eigenvalue weighted by Crippen LogP contribution is 2.49. The van der Waals surface area contributed by atoms with Crippen LogP contribution in [0, 0.1) is 25.2 Å². The van der Waals surface area contributed by atoms with Gasteiger partial charge >= 0.3 is 0 Å². The van der Waals surface area contributed by atoms with Gasteiger partial charge in [-0.15, -0.1) is 16.4 Å². The third-order valence-electron chi connectivity index (χ3n) is 5.08. The number of hydrogen-bond acceptors (Lipinski definition) is 8. The molecule has 0 fully saturated rings. The van der Waals surface area contributed by atoms with Crippen molar-refractivity contribution in [2.45, 2.75) is 19.8 Å². The fourth-order valence-corrected chi connectivity index (χ4v) is 4.67. The van der Waals surface area contributed by atoms with Crippen molar-refractivity contribution in [3.8, 4) is 40.5 Å². The van der Waals surface area contributed by atoms with Gasteiger partial charge in [0.15, 0.2) is 11.5 Å². The third-order valence-corrected chi connectivity index (χ3v) is 6.05. The molecule has 0 unspecified atom stereocenters. The van der Waals surface area contributed by atoms with Gasteiger partial charge in [-0.3, -0.25) is 5.10 Å². The van der Waals surface area contributed by atoms with Crippen molar-refractivity contribution in [3.05, 3.63) is 50.5 Å². The summed E-state index contributed by atoms with van der Waals surface area (Å²) in [5.41, 5.74) is 9.37. The van der Waals surface area contributed by atoms with Crippen molar-refractivity contribution < 1.29 is 19.3 Å². The molecule has 4 rings (SSSR count). The van der Waals surface area contributed by atoms with Gasteiger partial charge in [0.25, 0.3) is 0 Å². The third kappa shape index (κ3) is 2.93. The number of phenolic OH excluding ortho intramolecular Hbond substituents is 1. The molecule has 2 aromatic heterocycles. The van der Waals surface area contributed by atoms with Crippen LogP contribution in [-0.4, -0.2) is 29.5 Å². The van der Waals surface area contributed by atoms with Crippen molar-refractivity contribution in [2.24, 2.45) is 5.73 Å². The zero-order valence-electron chi connectivity index (χ0n) is 16.9. The average Bonchev–Trinajstić information content (AvgIpc) is 3.28. The van der Waals surface area contributed by atoms with E-state index in [2.05, 4.69) is 22.3 Å². The number of hydrogen-bond donors (Lipinski definition) is 3. The van der Waals surface area contributed by atoms with Crippen molar-refractivity contribution in [2.75, 3.05) is 14.2 Å². The van der Waals surface area contributed by atoms with Crippen molar-refractivity contribution in [1.29, 1.82) is 5.26 Å². The quantitative estimate of drug-likeness (QED) is 0.583. The average molecular weight is 424 g/mol. The molecule has 4 N–H and O–H groups in total. The van der Waals surface area contributed by atoms with Crippen LogP contribution in [0.4, 0.5) is 0 Å². The molecule has 154 valence electrons. The van der Waals surface area contributed by atoms with E-state index in [0.717, 1.165) is 21.0 Å². The molecule has 1 aliphatic rings. The highest BCUT2D eigenvalue weighted by molar-refractivity contribution is 7.12. The predicted octanol–water partition coefficient (Wildman–Crippen LogP) is 3.70. The highest BCUT2D eigenvalue weighted by atomic mass is 32.1. The zero-order valence-corrected chi connectivity index (χ0v) is 17.7. The molecular formula is C21H20N4O4S. The molecule has 3 aromatic rings. The minimum absolute atomic E-state index is 0.0164. The molecule has 0 bridgehead atoms. The number of nitrogens with zero attached hydrogens (tertiary/aromatic N) is 2. The van der Waals surface area contributed by atoms with Gasteiger partial charge < -0.3 is 25.1 Å². The summed E-state index contributed by atoms with van der Waals surface area (Å²) in [6, 6.07) is 7.55. The number of aromatic hydroxyl groups is 1. The van der Waals surface area contributed by atoms with E-state index < -0.39 is 5.92 Å². The summed E-state index contributed by atoms with van der Waals surface area (Å²) in [6.45, 7) is 4.06. The predicted molar refractivity (Wildman–Crippen MR) is 112 cm³/mol. The van der Waals surface area contributed by atoms with E-state index in [1.54, 1.807) is 23.5 Å². The maximum absolute atomic E-state index is 10.3. The minimum atomic E-state index is -0.587. The summed E-state index contributed by atoms with van der Waals surface area (Å²) < 4.78 is 16.3. The number of allylic oxidation sites excluding steroid dienone is 1. The van der Waals surface area contributed by atoms with Gasteiger partial charge in [-0.2, -0.15) is 5.26 Å². The molecule has 9 heteroatoms. The Balaban J connectivity index is 2.00. The molecule has 8 nitrogen and oxygen atoms in total. The largest absolute Gasteiger partial charge is 0.502 e. The van der Waals surface area contributed by atoms with E-state index in [1.807, 2.05) is 13.8 Å². The Kier molecular flexibility index (Phi) is 4.79. The zero-order chi connectivity index (χ0) is 21.6. The summed E-state index contributed by atoms with van der Waals surface area (Å²) in [7, 11) is 2.90. The number of H-pyrrole nitrogens is 1. The number of nitriles is 1. The van der Waals surface area contributed by atoms with Crippen LogP contribution in [0.1, 0.15) is 26.8 Å². The molecule has 0 spiro atoms. The Morgan fingerprint density at radius 3 is 2.43 bits per heavy atom. The van der Waals surface area contributed by atoms with Gasteiger partial charge in [0.05, 0.1) is 31.4 Å². The molecule has 0 saturated carbocycles. The lowest BCUT2D eigenvalue weighted by Gasteiger charge is -2.25. The van der Waals surface area contributed by atoms with E-state index in [9.17, 15) is 10.4 Å². The summed E-state index contributed by atoms with van der Waals surface area (Å²) in [6.07, 6.45) is 0. The number of rotatable bonds is 4. The molecule has 3 heterocycles. The van der Waals surface area contributed by atoms with E-state index in [1.165, 1.54) is 14.2 Å². The SMILES string of the molecule is COc1cc([C@@H]2C(C#N)=C(N)Oc3n[nH]c(-c4cc(C)sc4C)c32)cc(OC)c1O. The first-order valence-corrected chi connectivity index (χ1v) is 9.89.